The Kier molecular flexibility index (Phi) is 9.45. The Morgan fingerprint density at radius 1 is 0.864 bits per heavy atom. The summed E-state index contributed by atoms with van der Waals surface area (Å²) in [6, 6.07) is 30.7. The van der Waals surface area contributed by atoms with Crippen molar-refractivity contribution >= 4 is 11.8 Å². The number of anilines is 1. The van der Waals surface area contributed by atoms with Crippen LogP contribution in [0.3, 0.4) is 0 Å². The first-order chi connectivity index (χ1) is 21.7. The zero-order valence-corrected chi connectivity index (χ0v) is 25.4. The SMILES string of the molecule is CCC1c2nc(Cc3ccccc3)c(o2)N(Cc2ccccc2)Cc2cn(nn2)CCCCN1C(=O)CCc1ccccc1. The van der Waals surface area contributed by atoms with Crippen molar-refractivity contribution < 1.29 is 9.21 Å². The van der Waals surface area contributed by atoms with Crippen LogP contribution in [0.4, 0.5) is 5.88 Å². The van der Waals surface area contributed by atoms with E-state index in [0.717, 1.165) is 53.3 Å². The molecule has 8 heteroatoms. The van der Waals surface area contributed by atoms with Crippen LogP contribution in [-0.4, -0.2) is 37.3 Å². The number of aryl methyl sites for hydroxylation is 2. The van der Waals surface area contributed by atoms with Crippen LogP contribution < -0.4 is 4.90 Å². The molecule has 1 amide bonds. The lowest BCUT2D eigenvalue weighted by Crippen LogP contribution is -2.36. The molecule has 0 radical (unpaired) electrons. The topological polar surface area (TPSA) is 80.3 Å². The van der Waals surface area contributed by atoms with Gasteiger partial charge in [0.25, 0.3) is 0 Å². The Hall–Kier alpha value is -4.72. The molecule has 0 saturated carbocycles. The highest BCUT2D eigenvalue weighted by Crippen LogP contribution is 2.34. The molecule has 0 N–H and O–H groups in total. The first kappa shape index (κ1) is 29.4. The number of oxazole rings is 1. The summed E-state index contributed by atoms with van der Waals surface area (Å²) >= 11 is 0. The van der Waals surface area contributed by atoms with E-state index >= 15 is 0 Å². The smallest absolute Gasteiger partial charge is 0.223 e. The van der Waals surface area contributed by atoms with Gasteiger partial charge in [0, 0.05) is 32.5 Å². The molecular formula is C36H40N6O2. The zero-order valence-electron chi connectivity index (χ0n) is 25.4. The average Bonchev–Trinajstić information content (AvgIpc) is 3.69. The van der Waals surface area contributed by atoms with Gasteiger partial charge < -0.3 is 14.2 Å². The van der Waals surface area contributed by atoms with E-state index in [1.807, 2.05) is 58.2 Å². The minimum atomic E-state index is -0.256. The van der Waals surface area contributed by atoms with E-state index in [1.54, 1.807) is 0 Å². The van der Waals surface area contributed by atoms with E-state index < -0.39 is 0 Å². The molecule has 3 heterocycles. The van der Waals surface area contributed by atoms with Crippen LogP contribution >= 0.6 is 0 Å². The van der Waals surface area contributed by atoms with Gasteiger partial charge in [0.2, 0.25) is 17.7 Å². The molecule has 8 nitrogen and oxygen atoms in total. The first-order valence-corrected chi connectivity index (χ1v) is 15.7. The molecule has 5 aromatic rings. The number of benzene rings is 3. The van der Waals surface area contributed by atoms with Gasteiger partial charge in [-0.2, -0.15) is 0 Å². The predicted molar refractivity (Wildman–Crippen MR) is 171 cm³/mol. The number of rotatable bonds is 8. The maximum absolute atomic E-state index is 13.9. The van der Waals surface area contributed by atoms with Crippen molar-refractivity contribution in [1.29, 1.82) is 0 Å². The predicted octanol–water partition coefficient (Wildman–Crippen LogP) is 6.77. The van der Waals surface area contributed by atoms with Gasteiger partial charge in [-0.25, -0.2) is 4.98 Å². The molecule has 44 heavy (non-hydrogen) atoms. The van der Waals surface area contributed by atoms with Crippen molar-refractivity contribution in [2.24, 2.45) is 0 Å². The Morgan fingerprint density at radius 3 is 2.23 bits per heavy atom. The second-order valence-corrected chi connectivity index (χ2v) is 11.5. The molecule has 1 aliphatic heterocycles. The van der Waals surface area contributed by atoms with E-state index in [4.69, 9.17) is 9.40 Å². The fourth-order valence-electron chi connectivity index (χ4n) is 5.95. The molecule has 226 valence electrons. The number of carbonyl (C=O) groups excluding carboxylic acids is 1. The van der Waals surface area contributed by atoms with Crippen LogP contribution in [0.5, 0.6) is 0 Å². The maximum atomic E-state index is 13.9. The monoisotopic (exact) mass is 588 g/mol. The lowest BCUT2D eigenvalue weighted by atomic mass is 10.1. The third kappa shape index (κ3) is 7.25. The number of amides is 1. The summed E-state index contributed by atoms with van der Waals surface area (Å²) in [7, 11) is 0. The third-order valence-electron chi connectivity index (χ3n) is 8.23. The summed E-state index contributed by atoms with van der Waals surface area (Å²) in [5, 5.41) is 8.93. The number of aromatic nitrogens is 4. The van der Waals surface area contributed by atoms with Crippen LogP contribution in [0.15, 0.2) is 102 Å². The molecule has 4 bridgehead atoms. The van der Waals surface area contributed by atoms with E-state index in [9.17, 15) is 4.79 Å². The number of hydrogen-bond donors (Lipinski definition) is 0. The van der Waals surface area contributed by atoms with Gasteiger partial charge in [0.15, 0.2) is 0 Å². The third-order valence-corrected chi connectivity index (χ3v) is 8.23. The number of carbonyl (C=O) groups is 1. The highest BCUT2D eigenvalue weighted by molar-refractivity contribution is 5.77. The molecule has 1 unspecified atom stereocenters. The molecule has 0 spiro atoms. The largest absolute Gasteiger partial charge is 0.423 e. The van der Waals surface area contributed by atoms with Crippen molar-refractivity contribution in [2.45, 2.75) is 71.1 Å². The number of hydrogen-bond acceptors (Lipinski definition) is 6. The molecule has 0 aliphatic carbocycles. The van der Waals surface area contributed by atoms with Crippen LogP contribution in [0.1, 0.15) is 72.6 Å². The molecule has 0 saturated heterocycles. The Balaban J connectivity index is 1.39. The molecule has 6 rings (SSSR count). The van der Waals surface area contributed by atoms with E-state index in [-0.39, 0.29) is 11.9 Å². The van der Waals surface area contributed by atoms with Gasteiger partial charge in [-0.05, 0) is 42.4 Å². The fourth-order valence-corrected chi connectivity index (χ4v) is 5.95. The lowest BCUT2D eigenvalue weighted by molar-refractivity contribution is -0.134. The summed E-state index contributed by atoms with van der Waals surface area (Å²) in [4.78, 5) is 23.3. The summed E-state index contributed by atoms with van der Waals surface area (Å²) in [5.74, 6) is 1.44. The second-order valence-electron chi connectivity index (χ2n) is 11.5. The maximum Gasteiger partial charge on any atom is 0.223 e. The summed E-state index contributed by atoms with van der Waals surface area (Å²) in [6.07, 6.45) is 6.25. The quantitative estimate of drug-likeness (QED) is 0.199. The van der Waals surface area contributed by atoms with E-state index in [1.165, 1.54) is 0 Å². The summed E-state index contributed by atoms with van der Waals surface area (Å²) in [5.41, 5.74) is 5.22. The standard InChI is InChI=1S/C36H40N6O2/c1-2-33-35-37-32(24-29-16-8-4-9-17-29)36(44-35)40(25-30-18-10-5-11-19-30)26-31-27-41(39-38-31)22-12-13-23-42(33)34(43)21-20-28-14-6-3-7-15-28/h3-11,14-19,27,33H,2,12-13,20-26H2,1H3. The van der Waals surface area contributed by atoms with Gasteiger partial charge >= 0.3 is 0 Å². The molecule has 2 aromatic heterocycles. The summed E-state index contributed by atoms with van der Waals surface area (Å²) < 4.78 is 8.69. The Morgan fingerprint density at radius 2 is 1.52 bits per heavy atom. The van der Waals surface area contributed by atoms with Gasteiger partial charge in [-0.1, -0.05) is 103 Å². The average molecular weight is 589 g/mol. The minimum absolute atomic E-state index is 0.126. The first-order valence-electron chi connectivity index (χ1n) is 15.7. The molecule has 1 atom stereocenters. The summed E-state index contributed by atoms with van der Waals surface area (Å²) in [6.45, 7) is 4.66. The van der Waals surface area contributed by atoms with Crippen LogP contribution in [0.25, 0.3) is 0 Å². The second kappa shape index (κ2) is 14.2. The minimum Gasteiger partial charge on any atom is -0.423 e. The van der Waals surface area contributed by atoms with Crippen molar-refractivity contribution in [2.75, 3.05) is 11.4 Å². The Bertz CT molecular complexity index is 1620. The number of fused-ring (bicyclic) bond motifs is 4. The van der Waals surface area contributed by atoms with E-state index in [2.05, 4.69) is 70.7 Å². The zero-order chi connectivity index (χ0) is 30.1. The molecular weight excluding hydrogens is 548 g/mol. The van der Waals surface area contributed by atoms with Gasteiger partial charge in [0.1, 0.15) is 17.4 Å². The van der Waals surface area contributed by atoms with Crippen molar-refractivity contribution in [3.63, 3.8) is 0 Å². The molecule has 3 aromatic carbocycles. The lowest BCUT2D eigenvalue weighted by Gasteiger charge is -2.30. The highest BCUT2D eigenvalue weighted by Gasteiger charge is 2.31. The molecule has 0 fully saturated rings. The van der Waals surface area contributed by atoms with Crippen LogP contribution in [0.2, 0.25) is 0 Å². The molecule has 1 aliphatic rings. The van der Waals surface area contributed by atoms with Gasteiger partial charge in [0.05, 0.1) is 12.7 Å². The normalized spacial score (nSPS) is 15.6. The Labute approximate surface area is 259 Å². The van der Waals surface area contributed by atoms with Crippen LogP contribution in [-0.2, 0) is 37.3 Å². The number of nitrogens with zero attached hydrogens (tertiary/aromatic N) is 6. The van der Waals surface area contributed by atoms with Gasteiger partial charge in [-0.3, -0.25) is 9.48 Å². The van der Waals surface area contributed by atoms with E-state index in [0.29, 0.717) is 51.2 Å². The van der Waals surface area contributed by atoms with Gasteiger partial charge in [-0.15, -0.1) is 5.10 Å². The van der Waals surface area contributed by atoms with Crippen molar-refractivity contribution in [3.8, 4) is 0 Å². The van der Waals surface area contributed by atoms with Crippen molar-refractivity contribution in [1.82, 2.24) is 24.9 Å². The van der Waals surface area contributed by atoms with Crippen molar-refractivity contribution in [3.05, 3.63) is 131 Å². The highest BCUT2D eigenvalue weighted by atomic mass is 16.4. The van der Waals surface area contributed by atoms with Crippen LogP contribution in [0, 0.1) is 0 Å². The fraction of sp³-hybridized carbons (Fsp3) is 0.333.